The molecule has 3 rings (SSSR count). The molecule has 0 unspecified atom stereocenters. The van der Waals surface area contributed by atoms with Crippen LogP contribution >= 0.6 is 0 Å². The van der Waals surface area contributed by atoms with E-state index in [1.165, 1.54) is 4.90 Å². The first kappa shape index (κ1) is 10.3. The highest BCUT2D eigenvalue weighted by atomic mass is 19.1. The van der Waals surface area contributed by atoms with Gasteiger partial charge in [-0.15, -0.1) is 0 Å². The molecule has 0 aromatic carbocycles. The minimum atomic E-state index is -1.03. The second-order valence-electron chi connectivity index (χ2n) is 5.22. The smallest absolute Gasteiger partial charge is 0.407 e. The Morgan fingerprint density at radius 3 is 2.69 bits per heavy atom. The Bertz CT molecular complexity index is 308. The molecule has 0 radical (unpaired) electrons. The number of nitrogens with zero attached hydrogens (tertiary/aromatic N) is 1. The Morgan fingerprint density at radius 2 is 2.06 bits per heavy atom. The summed E-state index contributed by atoms with van der Waals surface area (Å²) in [5.41, 5.74) is 0. The molecule has 90 valence electrons. The number of fused-ring (bicyclic) bond motifs is 2. The summed E-state index contributed by atoms with van der Waals surface area (Å²) in [5, 5.41) is 12.4. The van der Waals surface area contributed by atoms with Gasteiger partial charge in [-0.05, 0) is 32.1 Å². The second-order valence-corrected chi connectivity index (χ2v) is 5.22. The van der Waals surface area contributed by atoms with Crippen molar-refractivity contribution in [2.45, 2.75) is 62.4 Å². The third-order valence-corrected chi connectivity index (χ3v) is 4.07. The number of piperidine rings is 1. The van der Waals surface area contributed by atoms with Crippen molar-refractivity contribution in [1.82, 2.24) is 10.2 Å². The number of alkyl halides is 1. The van der Waals surface area contributed by atoms with E-state index >= 15 is 0 Å². The Hall–Kier alpha value is -0.840. The predicted molar refractivity (Wildman–Crippen MR) is 56.1 cm³/mol. The van der Waals surface area contributed by atoms with Crippen molar-refractivity contribution in [3.8, 4) is 0 Å². The highest BCUT2D eigenvalue weighted by Gasteiger charge is 2.50. The molecule has 4 atom stereocenters. The summed E-state index contributed by atoms with van der Waals surface area (Å²) in [7, 11) is 0. The zero-order valence-corrected chi connectivity index (χ0v) is 9.10. The van der Waals surface area contributed by atoms with E-state index in [0.717, 1.165) is 19.3 Å². The van der Waals surface area contributed by atoms with Gasteiger partial charge < -0.3 is 10.4 Å². The lowest BCUT2D eigenvalue weighted by Crippen LogP contribution is -2.58. The Balaban J connectivity index is 1.73. The fourth-order valence-corrected chi connectivity index (χ4v) is 3.16. The third kappa shape index (κ3) is 1.57. The molecule has 4 nitrogen and oxygen atoms in total. The molecule has 3 fully saturated rings. The van der Waals surface area contributed by atoms with Crippen molar-refractivity contribution in [2.24, 2.45) is 0 Å². The van der Waals surface area contributed by atoms with Crippen LogP contribution in [0.2, 0.25) is 0 Å². The molecule has 1 amide bonds. The number of hydrogen-bond acceptors (Lipinski definition) is 2. The topological polar surface area (TPSA) is 52.6 Å². The van der Waals surface area contributed by atoms with Crippen molar-refractivity contribution < 1.29 is 14.3 Å². The van der Waals surface area contributed by atoms with Crippen LogP contribution in [0.25, 0.3) is 0 Å². The molecule has 0 aromatic rings. The first-order valence-electron chi connectivity index (χ1n) is 6.08. The summed E-state index contributed by atoms with van der Waals surface area (Å²) in [4.78, 5) is 12.4. The average molecular weight is 228 g/mol. The van der Waals surface area contributed by atoms with E-state index in [-0.39, 0.29) is 12.1 Å². The van der Waals surface area contributed by atoms with E-state index in [9.17, 15) is 9.18 Å². The molecule has 2 heterocycles. The number of nitrogens with one attached hydrogen (secondary N) is 1. The molecule has 2 bridgehead atoms. The van der Waals surface area contributed by atoms with Crippen LogP contribution in [0, 0.1) is 0 Å². The summed E-state index contributed by atoms with van der Waals surface area (Å²) >= 11 is 0. The summed E-state index contributed by atoms with van der Waals surface area (Å²) in [6.45, 7) is 0. The molecule has 2 N–H and O–H groups in total. The van der Waals surface area contributed by atoms with Crippen molar-refractivity contribution >= 4 is 6.09 Å². The molecule has 3 aliphatic rings. The first-order chi connectivity index (χ1) is 7.66. The second kappa shape index (κ2) is 3.58. The normalized spacial score (nSPS) is 42.4. The first-order valence-corrected chi connectivity index (χ1v) is 6.08. The van der Waals surface area contributed by atoms with Crippen molar-refractivity contribution in [2.75, 3.05) is 0 Å². The molecule has 0 aromatic heterocycles. The molecule has 2 saturated heterocycles. The lowest BCUT2D eigenvalue weighted by Gasteiger charge is -2.40. The van der Waals surface area contributed by atoms with Gasteiger partial charge in [0, 0.05) is 18.1 Å². The zero-order valence-electron chi connectivity index (χ0n) is 9.10. The molecular formula is C11H17FN2O2. The molecule has 0 spiro atoms. The average Bonchev–Trinajstić information content (AvgIpc) is 2.95. The Morgan fingerprint density at radius 1 is 1.31 bits per heavy atom. The van der Waals surface area contributed by atoms with Crippen LogP contribution in [0.4, 0.5) is 9.18 Å². The van der Waals surface area contributed by atoms with Crippen LogP contribution in [0.15, 0.2) is 0 Å². The minimum absolute atomic E-state index is 0.0331. The van der Waals surface area contributed by atoms with Crippen molar-refractivity contribution in [3.05, 3.63) is 0 Å². The molecule has 1 aliphatic carbocycles. The van der Waals surface area contributed by atoms with Crippen LogP contribution in [0.3, 0.4) is 0 Å². The van der Waals surface area contributed by atoms with E-state index < -0.39 is 18.3 Å². The lowest BCUT2D eigenvalue weighted by atomic mass is 9.95. The maximum atomic E-state index is 14.2. The van der Waals surface area contributed by atoms with Crippen molar-refractivity contribution in [3.63, 3.8) is 0 Å². The Kier molecular flexibility index (Phi) is 2.31. The molecule has 16 heavy (non-hydrogen) atoms. The molecule has 1 saturated carbocycles. The zero-order chi connectivity index (χ0) is 11.3. The summed E-state index contributed by atoms with van der Waals surface area (Å²) in [6.07, 6.45) is 2.43. The maximum Gasteiger partial charge on any atom is 0.407 e. The van der Waals surface area contributed by atoms with Gasteiger partial charge in [-0.25, -0.2) is 9.18 Å². The highest BCUT2D eigenvalue weighted by molar-refractivity contribution is 5.67. The van der Waals surface area contributed by atoms with E-state index in [2.05, 4.69) is 5.32 Å². The van der Waals surface area contributed by atoms with Gasteiger partial charge in [-0.2, -0.15) is 0 Å². The SMILES string of the molecule is O=C(O)N1[C@@H]2CC[C@H]1[C@H](F)[C@H](NC1CC1)C2. The van der Waals surface area contributed by atoms with Crippen LogP contribution in [-0.4, -0.2) is 46.4 Å². The van der Waals surface area contributed by atoms with E-state index in [1.54, 1.807) is 0 Å². The standard InChI is InChI=1S/C11H17FN2O2/c12-10-8(13-6-1-2-6)5-7-3-4-9(10)14(7)11(15)16/h6-10,13H,1-5H2,(H,15,16)/t7-,8-,9+,10-/m1/s1. The fourth-order valence-electron chi connectivity index (χ4n) is 3.16. The number of carboxylic acid groups (broad SMARTS) is 1. The predicted octanol–water partition coefficient (Wildman–Crippen LogP) is 1.36. The van der Waals surface area contributed by atoms with Gasteiger partial charge in [0.2, 0.25) is 0 Å². The quantitative estimate of drug-likeness (QED) is 0.750. The number of rotatable bonds is 2. The van der Waals surface area contributed by atoms with E-state index in [4.69, 9.17) is 5.11 Å². The van der Waals surface area contributed by atoms with Crippen LogP contribution in [-0.2, 0) is 0 Å². The summed E-state index contributed by atoms with van der Waals surface area (Å²) in [6, 6.07) is -0.0159. The minimum Gasteiger partial charge on any atom is -0.465 e. The van der Waals surface area contributed by atoms with Gasteiger partial charge in [0.1, 0.15) is 6.17 Å². The highest BCUT2D eigenvalue weighted by Crippen LogP contribution is 2.38. The van der Waals surface area contributed by atoms with Gasteiger partial charge in [0.25, 0.3) is 0 Å². The lowest BCUT2D eigenvalue weighted by molar-refractivity contribution is 0.0406. The van der Waals surface area contributed by atoms with Crippen LogP contribution < -0.4 is 5.32 Å². The third-order valence-electron chi connectivity index (χ3n) is 4.07. The summed E-state index contributed by atoms with van der Waals surface area (Å²) < 4.78 is 14.2. The molecular weight excluding hydrogens is 211 g/mol. The van der Waals surface area contributed by atoms with Crippen LogP contribution in [0.1, 0.15) is 32.1 Å². The van der Waals surface area contributed by atoms with Gasteiger partial charge in [0.05, 0.1) is 6.04 Å². The number of halogens is 1. The van der Waals surface area contributed by atoms with Gasteiger partial charge in [-0.1, -0.05) is 0 Å². The van der Waals surface area contributed by atoms with Gasteiger partial charge in [0.15, 0.2) is 0 Å². The molecule has 5 heteroatoms. The number of carbonyl (C=O) groups is 1. The maximum absolute atomic E-state index is 14.2. The number of amides is 1. The van der Waals surface area contributed by atoms with Gasteiger partial charge in [-0.3, -0.25) is 4.90 Å². The van der Waals surface area contributed by atoms with E-state index in [1.807, 2.05) is 0 Å². The van der Waals surface area contributed by atoms with Gasteiger partial charge >= 0.3 is 6.09 Å². The largest absolute Gasteiger partial charge is 0.465 e. The number of hydrogen-bond donors (Lipinski definition) is 2. The summed E-state index contributed by atoms with van der Waals surface area (Å²) in [5.74, 6) is 0. The van der Waals surface area contributed by atoms with E-state index in [0.29, 0.717) is 18.9 Å². The Labute approximate surface area is 93.8 Å². The van der Waals surface area contributed by atoms with Crippen molar-refractivity contribution in [1.29, 1.82) is 0 Å². The fraction of sp³-hybridized carbons (Fsp3) is 0.909. The van der Waals surface area contributed by atoms with Crippen LogP contribution in [0.5, 0.6) is 0 Å². The molecule has 2 aliphatic heterocycles. The monoisotopic (exact) mass is 228 g/mol.